The maximum Gasteiger partial charge on any atom is 0.488 e. The van der Waals surface area contributed by atoms with E-state index in [1.165, 1.54) is 12.1 Å². The summed E-state index contributed by atoms with van der Waals surface area (Å²) >= 11 is 0. The topological polar surface area (TPSA) is 90.9 Å². The van der Waals surface area contributed by atoms with E-state index in [-0.39, 0.29) is 23.4 Å². The molecule has 29 heavy (non-hydrogen) atoms. The van der Waals surface area contributed by atoms with Crippen molar-refractivity contribution in [3.05, 3.63) is 89.4 Å². The van der Waals surface area contributed by atoms with Crippen LogP contribution in [0.3, 0.4) is 0 Å². The zero-order valence-corrected chi connectivity index (χ0v) is 15.2. The fraction of sp³-hybridized carbons (Fsp3) is 0.0455. The van der Waals surface area contributed by atoms with Crippen molar-refractivity contribution in [2.75, 3.05) is 0 Å². The summed E-state index contributed by atoms with van der Waals surface area (Å²) in [6, 6.07) is 17.9. The van der Waals surface area contributed by atoms with Gasteiger partial charge in [-0.25, -0.2) is 4.39 Å². The van der Waals surface area contributed by atoms with Gasteiger partial charge in [-0.05, 0) is 52.5 Å². The Kier molecular flexibility index (Phi) is 5.02. The molecule has 4 aromatic rings. The van der Waals surface area contributed by atoms with E-state index >= 15 is 0 Å². The summed E-state index contributed by atoms with van der Waals surface area (Å²) in [6.45, 7) is -0.0265. The molecule has 7 heteroatoms. The van der Waals surface area contributed by atoms with Crippen LogP contribution in [0.2, 0.25) is 0 Å². The van der Waals surface area contributed by atoms with E-state index in [0.29, 0.717) is 11.0 Å². The molecule has 5 nitrogen and oxygen atoms in total. The number of carbonyl (C=O) groups excluding carboxylic acids is 1. The van der Waals surface area contributed by atoms with Crippen molar-refractivity contribution in [2.45, 2.75) is 6.61 Å². The van der Waals surface area contributed by atoms with Crippen molar-refractivity contribution in [1.82, 2.24) is 0 Å². The summed E-state index contributed by atoms with van der Waals surface area (Å²) in [6.07, 6.45) is 0. The van der Waals surface area contributed by atoms with Crippen molar-refractivity contribution >= 4 is 29.3 Å². The van der Waals surface area contributed by atoms with Crippen LogP contribution in [0.25, 0.3) is 22.1 Å². The molecule has 0 radical (unpaired) electrons. The lowest BCUT2D eigenvalue weighted by atomic mass is 9.79. The van der Waals surface area contributed by atoms with E-state index in [0.717, 1.165) is 22.8 Å². The molecule has 1 heterocycles. The predicted octanol–water partition coefficient (Wildman–Crippen LogP) is 2.64. The second kappa shape index (κ2) is 7.64. The average Bonchev–Trinajstić information content (AvgIpc) is 3.16. The smallest absolute Gasteiger partial charge is 0.453 e. The molecule has 0 bridgehead atoms. The normalized spacial score (nSPS) is 11.0. The zero-order valence-electron chi connectivity index (χ0n) is 15.2. The monoisotopic (exact) mass is 390 g/mol. The minimum atomic E-state index is -1.82. The molecule has 0 saturated carbocycles. The quantitative estimate of drug-likeness (QED) is 0.360. The van der Waals surface area contributed by atoms with Crippen molar-refractivity contribution in [1.29, 1.82) is 0 Å². The first-order valence-electron chi connectivity index (χ1n) is 8.90. The molecule has 0 unspecified atom stereocenters. The molecule has 0 aliphatic rings. The van der Waals surface area contributed by atoms with Gasteiger partial charge in [-0.15, -0.1) is 0 Å². The molecular weight excluding hydrogens is 374 g/mol. The Morgan fingerprint density at radius 1 is 0.931 bits per heavy atom. The Hall–Kier alpha value is -3.26. The van der Waals surface area contributed by atoms with Gasteiger partial charge < -0.3 is 19.6 Å². The molecule has 0 aliphatic carbocycles. The number of rotatable bonds is 5. The van der Waals surface area contributed by atoms with Crippen LogP contribution in [0.1, 0.15) is 21.7 Å². The number of benzene rings is 3. The highest BCUT2D eigenvalue weighted by Gasteiger charge is 2.21. The molecule has 3 aromatic carbocycles. The van der Waals surface area contributed by atoms with Gasteiger partial charge in [0.25, 0.3) is 0 Å². The van der Waals surface area contributed by atoms with Crippen molar-refractivity contribution in [3.63, 3.8) is 0 Å². The fourth-order valence-electron chi connectivity index (χ4n) is 3.15. The minimum Gasteiger partial charge on any atom is -0.453 e. The van der Waals surface area contributed by atoms with Crippen LogP contribution in [-0.4, -0.2) is 28.1 Å². The van der Waals surface area contributed by atoms with Gasteiger partial charge in [-0.1, -0.05) is 36.4 Å². The molecule has 144 valence electrons. The van der Waals surface area contributed by atoms with E-state index < -0.39 is 18.7 Å². The zero-order chi connectivity index (χ0) is 20.5. The lowest BCUT2D eigenvalue weighted by Gasteiger charge is -2.03. The van der Waals surface area contributed by atoms with Crippen molar-refractivity contribution in [2.24, 2.45) is 0 Å². The number of hydrogen-bond donors (Lipinski definition) is 3. The van der Waals surface area contributed by atoms with Gasteiger partial charge >= 0.3 is 7.12 Å². The Labute approximate surface area is 165 Å². The number of furan rings is 1. The van der Waals surface area contributed by atoms with Crippen LogP contribution >= 0.6 is 0 Å². The summed E-state index contributed by atoms with van der Waals surface area (Å²) < 4.78 is 19.8. The first-order chi connectivity index (χ1) is 14.0. The lowest BCUT2D eigenvalue weighted by Crippen LogP contribution is -2.30. The Morgan fingerprint density at radius 2 is 1.66 bits per heavy atom. The van der Waals surface area contributed by atoms with Gasteiger partial charge in [0.05, 0.1) is 12.2 Å². The number of hydrogen-bond acceptors (Lipinski definition) is 5. The molecule has 4 rings (SSSR count). The first kappa shape index (κ1) is 19.1. The third-order valence-electron chi connectivity index (χ3n) is 4.75. The third-order valence-corrected chi connectivity index (χ3v) is 4.75. The van der Waals surface area contributed by atoms with Gasteiger partial charge in [0.2, 0.25) is 5.78 Å². The van der Waals surface area contributed by atoms with E-state index in [1.807, 2.05) is 36.4 Å². The fourth-order valence-corrected chi connectivity index (χ4v) is 3.15. The van der Waals surface area contributed by atoms with Crippen molar-refractivity contribution < 1.29 is 28.8 Å². The number of aliphatic hydroxyl groups is 1. The summed E-state index contributed by atoms with van der Waals surface area (Å²) in [5.74, 6) is -1.50. The summed E-state index contributed by atoms with van der Waals surface area (Å²) in [5.41, 5.74) is 2.91. The predicted molar refractivity (Wildman–Crippen MR) is 107 cm³/mol. The SMILES string of the molecule is O=C(c1cc2cc(-c3ccc(CO)cc3)ccc2o1)c1ccc(B(O)O)cc1F. The number of aliphatic hydroxyl groups excluding tert-OH is 1. The second-order valence-corrected chi connectivity index (χ2v) is 6.66. The first-order valence-corrected chi connectivity index (χ1v) is 8.90. The molecule has 0 aliphatic heterocycles. The minimum absolute atomic E-state index is 0.0102. The maximum absolute atomic E-state index is 14.2. The Bertz CT molecular complexity index is 1200. The average molecular weight is 390 g/mol. The molecule has 0 atom stereocenters. The third kappa shape index (κ3) is 3.71. The molecule has 0 fully saturated rings. The highest BCUT2D eigenvalue weighted by Crippen LogP contribution is 2.28. The molecule has 0 amide bonds. The van der Waals surface area contributed by atoms with Gasteiger partial charge in [0, 0.05) is 5.39 Å². The number of carbonyl (C=O) groups is 1. The molecule has 0 spiro atoms. The molecular formula is C22H16BFO5. The van der Waals surface area contributed by atoms with Crippen LogP contribution in [0, 0.1) is 5.82 Å². The van der Waals surface area contributed by atoms with Crippen LogP contribution in [-0.2, 0) is 6.61 Å². The number of halogens is 1. The van der Waals surface area contributed by atoms with Crippen molar-refractivity contribution in [3.8, 4) is 11.1 Å². The Balaban J connectivity index is 1.67. The van der Waals surface area contributed by atoms with E-state index in [4.69, 9.17) is 19.6 Å². The number of ketones is 1. The highest BCUT2D eigenvalue weighted by molar-refractivity contribution is 6.58. The largest absolute Gasteiger partial charge is 0.488 e. The van der Waals surface area contributed by atoms with E-state index in [2.05, 4.69) is 0 Å². The van der Waals surface area contributed by atoms with Gasteiger partial charge in [0.1, 0.15) is 11.4 Å². The summed E-state index contributed by atoms with van der Waals surface area (Å²) in [7, 11) is -1.82. The molecule has 0 saturated heterocycles. The molecule has 1 aromatic heterocycles. The van der Waals surface area contributed by atoms with Crippen LogP contribution in [0.15, 0.2) is 71.1 Å². The van der Waals surface area contributed by atoms with Crippen LogP contribution < -0.4 is 5.46 Å². The standard InChI is InChI=1S/C22H16BFO5/c24-19-11-17(23(27)28)6-7-18(19)22(26)21-10-16-9-15(5-8-20(16)29-21)14-3-1-13(12-25)2-4-14/h1-11,25,27-28H,12H2. The highest BCUT2D eigenvalue weighted by atomic mass is 19.1. The van der Waals surface area contributed by atoms with E-state index in [9.17, 15) is 9.18 Å². The lowest BCUT2D eigenvalue weighted by molar-refractivity contribution is 0.101. The van der Waals surface area contributed by atoms with Crippen LogP contribution in [0.4, 0.5) is 4.39 Å². The molecule has 3 N–H and O–H groups in total. The summed E-state index contributed by atoms with van der Waals surface area (Å²) in [5, 5.41) is 28.1. The summed E-state index contributed by atoms with van der Waals surface area (Å²) in [4.78, 5) is 12.7. The second-order valence-electron chi connectivity index (χ2n) is 6.66. The van der Waals surface area contributed by atoms with Gasteiger partial charge in [-0.2, -0.15) is 0 Å². The van der Waals surface area contributed by atoms with Crippen LogP contribution in [0.5, 0.6) is 0 Å². The van der Waals surface area contributed by atoms with E-state index in [1.54, 1.807) is 12.1 Å². The van der Waals surface area contributed by atoms with Gasteiger partial charge in [-0.3, -0.25) is 4.79 Å². The van der Waals surface area contributed by atoms with Gasteiger partial charge in [0.15, 0.2) is 5.76 Å². The maximum atomic E-state index is 14.2. The Morgan fingerprint density at radius 3 is 2.31 bits per heavy atom. The number of fused-ring (bicyclic) bond motifs is 1.